The van der Waals surface area contributed by atoms with Gasteiger partial charge in [0, 0.05) is 11.1 Å². The summed E-state index contributed by atoms with van der Waals surface area (Å²) < 4.78 is 0. The maximum Gasteiger partial charge on any atom is 0.149 e. The van der Waals surface area contributed by atoms with Crippen LogP contribution in [0.1, 0.15) is 0 Å². The molecule has 0 spiro atoms. The summed E-state index contributed by atoms with van der Waals surface area (Å²) >= 11 is 0. The number of phenolic OH excluding ortho intramolecular Hbond substituents is 2. The molecule has 0 saturated carbocycles. The van der Waals surface area contributed by atoms with Crippen LogP contribution in [-0.4, -0.2) is 33.8 Å². The molecule has 0 heterocycles. The summed E-state index contributed by atoms with van der Waals surface area (Å²) in [6.07, 6.45) is 0. The number of hydrogen-bond acceptors (Lipinski definition) is 2. The third-order valence-electron chi connectivity index (χ3n) is 8.70. The highest BCUT2D eigenvalue weighted by Gasteiger charge is 2.23. The lowest BCUT2D eigenvalue weighted by Gasteiger charge is -2.22. The van der Waals surface area contributed by atoms with E-state index < -0.39 is 0 Å². The molecule has 0 fully saturated rings. The van der Waals surface area contributed by atoms with Crippen LogP contribution in [0.4, 0.5) is 0 Å². The molecule has 0 aliphatic rings. The highest BCUT2D eigenvalue weighted by molar-refractivity contribution is 6.55. The average molecular weight is 524 g/mol. The van der Waals surface area contributed by atoms with Crippen LogP contribution in [0, 0.1) is 0 Å². The smallest absolute Gasteiger partial charge is 0.149 e. The van der Waals surface area contributed by atoms with Crippen molar-refractivity contribution in [3.05, 3.63) is 115 Å². The van der Waals surface area contributed by atoms with Crippen LogP contribution in [0.5, 0.6) is 11.5 Å². The lowest BCUT2D eigenvalue weighted by atomic mass is 9.70. The van der Waals surface area contributed by atoms with Gasteiger partial charge in [-0.3, -0.25) is 0 Å². The fourth-order valence-corrected chi connectivity index (χ4v) is 6.43. The molecule has 2 N–H and O–H groups in total. The van der Waals surface area contributed by atoms with E-state index in [1.165, 1.54) is 27.5 Å². The number of fused-ring (bicyclic) bond motifs is 3. The molecule has 0 radical (unpaired) electrons. The van der Waals surface area contributed by atoms with Crippen molar-refractivity contribution in [1.82, 2.24) is 0 Å². The Kier molecular flexibility index (Phi) is 5.90. The zero-order chi connectivity index (χ0) is 28.2. The molecule has 192 valence electrons. The van der Waals surface area contributed by atoms with E-state index in [0.717, 1.165) is 49.2 Å². The fourth-order valence-electron chi connectivity index (χ4n) is 6.43. The topological polar surface area (TPSA) is 40.5 Å². The van der Waals surface area contributed by atoms with Gasteiger partial charge in [-0.15, -0.1) is 0 Å². The Morgan fingerprint density at radius 2 is 0.854 bits per heavy atom. The van der Waals surface area contributed by atoms with E-state index >= 15 is 0 Å². The molecule has 5 heteroatoms. The van der Waals surface area contributed by atoms with Crippen LogP contribution in [0.3, 0.4) is 0 Å². The third-order valence-corrected chi connectivity index (χ3v) is 8.70. The summed E-state index contributed by atoms with van der Waals surface area (Å²) in [5.74, 6) is 0.286. The monoisotopic (exact) mass is 524 g/mol. The van der Waals surface area contributed by atoms with Crippen molar-refractivity contribution >= 4 is 72.2 Å². The normalized spacial score (nSPS) is 11.4. The Morgan fingerprint density at radius 3 is 1.46 bits per heavy atom. The maximum absolute atomic E-state index is 11.4. The van der Waals surface area contributed by atoms with Gasteiger partial charge in [0.2, 0.25) is 0 Å². The second-order valence-corrected chi connectivity index (χ2v) is 10.9. The average Bonchev–Trinajstić information content (AvgIpc) is 3.02. The summed E-state index contributed by atoms with van der Waals surface area (Å²) in [4.78, 5) is 0. The Hall–Kier alpha value is -4.89. The maximum atomic E-state index is 11.4. The number of rotatable bonds is 3. The minimum atomic E-state index is 0.132. The lowest BCUT2D eigenvalue weighted by Crippen LogP contribution is -2.33. The molecule has 0 saturated heterocycles. The zero-order valence-electron chi connectivity index (χ0n) is 23.4. The summed E-state index contributed by atoms with van der Waals surface area (Å²) in [5, 5.41) is 28.9. The summed E-state index contributed by atoms with van der Waals surface area (Å²) in [5.41, 5.74) is 8.68. The number of benzene rings is 7. The van der Waals surface area contributed by atoms with Crippen LogP contribution in [0.2, 0.25) is 0 Å². The Balaban J connectivity index is 1.51. The first kappa shape index (κ1) is 25.1. The summed E-state index contributed by atoms with van der Waals surface area (Å²) in [7, 11) is 5.67. The Labute approximate surface area is 242 Å². The summed E-state index contributed by atoms with van der Waals surface area (Å²) in [6, 6.07) is 40.8. The molecule has 7 rings (SSSR count). The number of phenols is 2. The molecule has 0 bridgehead atoms. The van der Waals surface area contributed by atoms with Gasteiger partial charge in [0.15, 0.2) is 0 Å². The molecule has 0 atom stereocenters. The minimum Gasteiger partial charge on any atom is -0.509 e. The van der Waals surface area contributed by atoms with E-state index in [1.807, 2.05) is 15.7 Å². The molecule has 0 amide bonds. The van der Waals surface area contributed by atoms with Gasteiger partial charge in [-0.25, -0.2) is 0 Å². The van der Waals surface area contributed by atoms with Gasteiger partial charge in [0.25, 0.3) is 0 Å². The van der Waals surface area contributed by atoms with Crippen LogP contribution in [0.15, 0.2) is 115 Å². The van der Waals surface area contributed by atoms with Crippen LogP contribution in [-0.2, 0) is 0 Å². The van der Waals surface area contributed by atoms with Gasteiger partial charge >= 0.3 is 0 Å². The second-order valence-electron chi connectivity index (χ2n) is 10.9. The first-order valence-corrected chi connectivity index (χ1v) is 14.0. The summed E-state index contributed by atoms with van der Waals surface area (Å²) in [6.45, 7) is 0. The van der Waals surface area contributed by atoms with Gasteiger partial charge < -0.3 is 10.2 Å². The molecule has 0 aliphatic carbocycles. The van der Waals surface area contributed by atoms with Gasteiger partial charge in [-0.05, 0) is 60.0 Å². The highest BCUT2D eigenvalue weighted by Crippen LogP contribution is 2.45. The second kappa shape index (κ2) is 9.64. The van der Waals surface area contributed by atoms with Crippen LogP contribution in [0.25, 0.3) is 65.7 Å². The Morgan fingerprint density at radius 1 is 0.366 bits per heavy atom. The predicted molar refractivity (Wildman–Crippen MR) is 183 cm³/mol. The quantitative estimate of drug-likeness (QED) is 0.267. The van der Waals surface area contributed by atoms with E-state index in [-0.39, 0.29) is 11.5 Å². The van der Waals surface area contributed by atoms with Gasteiger partial charge in [0.05, 0.1) is 0 Å². The van der Waals surface area contributed by atoms with E-state index in [9.17, 15) is 10.2 Å². The van der Waals surface area contributed by atoms with E-state index in [1.54, 1.807) is 7.85 Å². The molecule has 0 aromatic heterocycles. The number of aromatic hydroxyl groups is 2. The van der Waals surface area contributed by atoms with E-state index in [0.29, 0.717) is 5.46 Å². The van der Waals surface area contributed by atoms with Gasteiger partial charge in [0.1, 0.15) is 35.0 Å². The van der Waals surface area contributed by atoms with Crippen molar-refractivity contribution in [2.75, 3.05) is 0 Å². The van der Waals surface area contributed by atoms with Crippen molar-refractivity contribution in [3.63, 3.8) is 0 Å². The van der Waals surface area contributed by atoms with E-state index in [2.05, 4.69) is 115 Å². The molecule has 2 nitrogen and oxygen atoms in total. The Bertz CT molecular complexity index is 2060. The van der Waals surface area contributed by atoms with Gasteiger partial charge in [-0.1, -0.05) is 126 Å². The van der Waals surface area contributed by atoms with Crippen molar-refractivity contribution in [3.8, 4) is 44.9 Å². The molecular formula is C36H27B3O2. The van der Waals surface area contributed by atoms with Crippen molar-refractivity contribution in [2.24, 2.45) is 0 Å². The fraction of sp³-hybridized carbons (Fsp3) is 0. The predicted octanol–water partition coefficient (Wildman–Crippen LogP) is 4.33. The standard InChI is InChI=1S/C36H27B3O2/c37-32-31(35(40)34(39)36(41)33(32)38)30-27-13-5-3-11-25(27)29(26-12-4-6-14-28(26)30)22-18-16-21(17-19-22)24-15-7-9-20-8-1-2-10-23(20)24/h1-19,40-41H,37-39H2. The molecule has 7 aromatic rings. The molecule has 41 heavy (non-hydrogen) atoms. The zero-order valence-corrected chi connectivity index (χ0v) is 23.4. The highest BCUT2D eigenvalue weighted by atomic mass is 16.3. The van der Waals surface area contributed by atoms with Crippen molar-refractivity contribution < 1.29 is 10.2 Å². The lowest BCUT2D eigenvalue weighted by molar-refractivity contribution is 0.463. The first-order chi connectivity index (χ1) is 20.0. The SMILES string of the molecule is Bc1c(B)c(-c2c3ccccc3c(-c3ccc(-c4cccc5ccccc45)cc3)c3ccccc23)c(O)c(B)c1O. The largest absolute Gasteiger partial charge is 0.509 e. The van der Waals surface area contributed by atoms with Crippen LogP contribution < -0.4 is 16.4 Å². The first-order valence-electron chi connectivity index (χ1n) is 14.0. The third kappa shape index (κ3) is 3.84. The van der Waals surface area contributed by atoms with Crippen molar-refractivity contribution in [2.45, 2.75) is 0 Å². The van der Waals surface area contributed by atoms with Crippen molar-refractivity contribution in [1.29, 1.82) is 0 Å². The van der Waals surface area contributed by atoms with Crippen LogP contribution >= 0.6 is 0 Å². The molecule has 7 aromatic carbocycles. The minimum absolute atomic E-state index is 0.132. The number of hydrogen-bond donors (Lipinski definition) is 2. The van der Waals surface area contributed by atoms with Gasteiger partial charge in [-0.2, -0.15) is 0 Å². The molecule has 0 unspecified atom stereocenters. The molecular weight excluding hydrogens is 497 g/mol. The van der Waals surface area contributed by atoms with E-state index in [4.69, 9.17) is 0 Å². The molecule has 0 aliphatic heterocycles.